The fourth-order valence-corrected chi connectivity index (χ4v) is 0.787. The minimum absolute atomic E-state index is 0.179. The van der Waals surface area contributed by atoms with Crippen molar-refractivity contribution in [2.24, 2.45) is 0 Å². The molecular weight excluding hydrogens is 188 g/mol. The van der Waals surface area contributed by atoms with E-state index in [2.05, 4.69) is 11.6 Å². The highest BCUT2D eigenvalue weighted by molar-refractivity contribution is 5.19. The van der Waals surface area contributed by atoms with E-state index in [0.717, 1.165) is 24.3 Å². The molecule has 0 unspecified atom stereocenters. The summed E-state index contributed by atoms with van der Waals surface area (Å²) in [5.74, 6) is -1.61. The van der Waals surface area contributed by atoms with E-state index in [4.69, 9.17) is 4.74 Å². The van der Waals surface area contributed by atoms with Crippen LogP contribution in [0.25, 0.3) is 0 Å². The van der Waals surface area contributed by atoms with Gasteiger partial charge in [0.2, 0.25) is 0 Å². The van der Waals surface area contributed by atoms with E-state index in [1.807, 2.05) is 6.92 Å². The number of nitrogens with zero attached hydrogens (tertiary/aromatic N) is 1. The fraction of sp³-hybridized carbons (Fsp3) is 0.300. The van der Waals surface area contributed by atoms with Crippen LogP contribution < -0.4 is 4.74 Å². The third-order valence-electron chi connectivity index (χ3n) is 1.71. The highest BCUT2D eigenvalue weighted by Gasteiger charge is 2.06. The van der Waals surface area contributed by atoms with Crippen molar-refractivity contribution in [2.75, 3.05) is 6.61 Å². The molecule has 0 atom stereocenters. The third kappa shape index (κ3) is 2.80. The maximum absolute atomic E-state index is 12.9. The third-order valence-corrected chi connectivity index (χ3v) is 1.71. The zero-order valence-electron chi connectivity index (χ0n) is 7.89. The second-order valence-corrected chi connectivity index (χ2v) is 2.83. The Morgan fingerprint density at radius 3 is 2.93 bits per heavy atom. The molecule has 76 valence electrons. The Kier molecular flexibility index (Phi) is 3.56. The second kappa shape index (κ2) is 4.69. The Bertz CT molecular complexity index is 339. The number of hydrogen-bond donors (Lipinski definition) is 0. The summed E-state index contributed by atoms with van der Waals surface area (Å²) in [5, 5.41) is 0. The van der Waals surface area contributed by atoms with Gasteiger partial charge >= 0.3 is 0 Å². The lowest BCUT2D eigenvalue weighted by Crippen LogP contribution is -2.02. The van der Waals surface area contributed by atoms with Crippen LogP contribution in [0, 0.1) is 11.8 Å². The van der Waals surface area contributed by atoms with E-state index in [1.165, 1.54) is 0 Å². The van der Waals surface area contributed by atoms with Gasteiger partial charge < -0.3 is 4.74 Å². The van der Waals surface area contributed by atoms with Crippen LogP contribution in [-0.4, -0.2) is 11.6 Å². The molecule has 2 nitrogen and oxygen atoms in total. The van der Waals surface area contributed by atoms with Crippen molar-refractivity contribution in [3.05, 3.63) is 36.2 Å². The summed E-state index contributed by atoms with van der Waals surface area (Å²) in [7, 11) is 0. The molecule has 1 rings (SSSR count). The van der Waals surface area contributed by atoms with Gasteiger partial charge in [-0.25, -0.2) is 9.37 Å². The van der Waals surface area contributed by atoms with Crippen molar-refractivity contribution < 1.29 is 13.5 Å². The first-order valence-electron chi connectivity index (χ1n) is 4.24. The van der Waals surface area contributed by atoms with Crippen molar-refractivity contribution in [1.29, 1.82) is 0 Å². The van der Waals surface area contributed by atoms with Crippen LogP contribution in [0.5, 0.6) is 5.75 Å². The van der Waals surface area contributed by atoms with Crippen LogP contribution in [0.2, 0.25) is 0 Å². The Hall–Kier alpha value is -1.45. The van der Waals surface area contributed by atoms with Crippen molar-refractivity contribution in [1.82, 2.24) is 4.98 Å². The van der Waals surface area contributed by atoms with Crippen LogP contribution in [0.3, 0.4) is 0 Å². The zero-order valence-corrected chi connectivity index (χ0v) is 7.89. The molecule has 0 amide bonds. The van der Waals surface area contributed by atoms with Crippen LogP contribution in [0.1, 0.15) is 13.3 Å². The van der Waals surface area contributed by atoms with Crippen molar-refractivity contribution in [3.63, 3.8) is 0 Å². The summed E-state index contributed by atoms with van der Waals surface area (Å²) < 4.78 is 30.5. The van der Waals surface area contributed by atoms with Gasteiger partial charge in [0.25, 0.3) is 5.95 Å². The maximum Gasteiger partial charge on any atom is 0.255 e. The summed E-state index contributed by atoms with van der Waals surface area (Å²) in [5.41, 5.74) is 0.814. The van der Waals surface area contributed by atoms with Gasteiger partial charge in [-0.15, -0.1) is 0 Å². The fourth-order valence-electron chi connectivity index (χ4n) is 0.787. The second-order valence-electron chi connectivity index (χ2n) is 2.83. The number of aromatic nitrogens is 1. The average molecular weight is 199 g/mol. The summed E-state index contributed by atoms with van der Waals surface area (Å²) in [6.07, 6.45) is 1.54. The highest BCUT2D eigenvalue weighted by Crippen LogP contribution is 2.16. The van der Waals surface area contributed by atoms with Gasteiger partial charge in [-0.1, -0.05) is 13.5 Å². The molecule has 0 saturated carbocycles. The number of ether oxygens (including phenoxy) is 1. The number of hydrogen-bond acceptors (Lipinski definition) is 2. The van der Waals surface area contributed by atoms with Crippen LogP contribution in [0.15, 0.2) is 24.4 Å². The van der Waals surface area contributed by atoms with Crippen molar-refractivity contribution in [3.8, 4) is 5.75 Å². The largest absolute Gasteiger partial charge is 0.484 e. The molecule has 1 aromatic rings. The lowest BCUT2D eigenvalue weighted by Gasteiger charge is -2.06. The van der Waals surface area contributed by atoms with E-state index in [9.17, 15) is 8.78 Å². The molecule has 0 aromatic carbocycles. The molecule has 0 N–H and O–H groups in total. The monoisotopic (exact) mass is 199 g/mol. The molecule has 0 radical (unpaired) electrons. The topological polar surface area (TPSA) is 22.1 Å². The lowest BCUT2D eigenvalue weighted by molar-refractivity contribution is 0.321. The average Bonchev–Trinajstić information content (AvgIpc) is 2.19. The number of halogens is 2. The van der Waals surface area contributed by atoms with Crippen LogP contribution >= 0.6 is 0 Å². The molecule has 0 fully saturated rings. The summed E-state index contributed by atoms with van der Waals surface area (Å²) in [4.78, 5) is 3.19. The Balaban J connectivity index is 2.66. The molecule has 0 saturated heterocycles. The standard InChI is InChI=1S/C10H11F2NO/c1-3-7(2)6-14-9-4-8(11)5-13-10(9)12/h4-5H,2-3,6H2,1H3. The molecule has 0 bridgehead atoms. The lowest BCUT2D eigenvalue weighted by atomic mass is 10.2. The Labute approximate surface area is 81.2 Å². The van der Waals surface area contributed by atoms with Crippen molar-refractivity contribution >= 4 is 0 Å². The quantitative estimate of drug-likeness (QED) is 0.549. The van der Waals surface area contributed by atoms with Crippen LogP contribution in [0.4, 0.5) is 8.78 Å². The molecular formula is C10H11F2NO. The van der Waals surface area contributed by atoms with Gasteiger partial charge in [-0.05, 0) is 12.0 Å². The molecule has 1 aromatic heterocycles. The first-order chi connectivity index (χ1) is 6.63. The van der Waals surface area contributed by atoms with Gasteiger partial charge in [0, 0.05) is 6.07 Å². The molecule has 14 heavy (non-hydrogen) atoms. The maximum atomic E-state index is 12.9. The normalized spacial score (nSPS) is 9.93. The predicted molar refractivity (Wildman–Crippen MR) is 49.1 cm³/mol. The van der Waals surface area contributed by atoms with E-state index in [-0.39, 0.29) is 12.4 Å². The molecule has 1 heterocycles. The first kappa shape index (κ1) is 10.6. The minimum atomic E-state index is -0.810. The summed E-state index contributed by atoms with van der Waals surface area (Å²) in [6.45, 7) is 5.77. The molecule has 0 aliphatic carbocycles. The van der Waals surface area contributed by atoms with E-state index in [1.54, 1.807) is 0 Å². The Morgan fingerprint density at radius 2 is 2.29 bits per heavy atom. The summed E-state index contributed by atoms with van der Waals surface area (Å²) in [6, 6.07) is 0.964. The summed E-state index contributed by atoms with van der Waals surface area (Å²) >= 11 is 0. The van der Waals surface area contributed by atoms with Gasteiger partial charge in [0.15, 0.2) is 5.75 Å². The Morgan fingerprint density at radius 1 is 1.57 bits per heavy atom. The van der Waals surface area contributed by atoms with Crippen LogP contribution in [-0.2, 0) is 0 Å². The predicted octanol–water partition coefficient (Wildman–Crippen LogP) is 2.70. The number of rotatable bonds is 4. The minimum Gasteiger partial charge on any atom is -0.484 e. The van der Waals surface area contributed by atoms with E-state index >= 15 is 0 Å². The van der Waals surface area contributed by atoms with Gasteiger partial charge in [0.1, 0.15) is 12.4 Å². The smallest absolute Gasteiger partial charge is 0.255 e. The van der Waals surface area contributed by atoms with Crippen molar-refractivity contribution in [2.45, 2.75) is 13.3 Å². The molecule has 0 aliphatic rings. The van der Waals surface area contributed by atoms with E-state index < -0.39 is 11.8 Å². The van der Waals surface area contributed by atoms with Gasteiger partial charge in [-0.3, -0.25) is 0 Å². The SMILES string of the molecule is C=C(CC)COc1cc(F)cnc1F. The zero-order chi connectivity index (χ0) is 10.6. The number of pyridine rings is 1. The molecule has 0 spiro atoms. The molecule has 4 heteroatoms. The first-order valence-corrected chi connectivity index (χ1v) is 4.24. The van der Waals surface area contributed by atoms with Gasteiger partial charge in [-0.2, -0.15) is 4.39 Å². The highest BCUT2D eigenvalue weighted by atomic mass is 19.1. The van der Waals surface area contributed by atoms with E-state index in [0.29, 0.717) is 0 Å². The van der Waals surface area contributed by atoms with Gasteiger partial charge in [0.05, 0.1) is 6.20 Å². The molecule has 0 aliphatic heterocycles.